The van der Waals surface area contributed by atoms with Crippen molar-refractivity contribution in [2.24, 2.45) is 5.92 Å². The number of hydrogen-bond donors (Lipinski definition) is 2. The summed E-state index contributed by atoms with van der Waals surface area (Å²) in [7, 11) is 0. The first kappa shape index (κ1) is 21.6. The van der Waals surface area contributed by atoms with Crippen LogP contribution >= 0.6 is 0 Å². The van der Waals surface area contributed by atoms with Gasteiger partial charge in [0.2, 0.25) is 0 Å². The molecule has 6 heteroatoms. The molecule has 0 spiro atoms. The molecule has 0 saturated carbocycles. The van der Waals surface area contributed by atoms with Crippen molar-refractivity contribution in [1.82, 2.24) is 0 Å². The molecule has 0 bridgehead atoms. The third-order valence-corrected chi connectivity index (χ3v) is 6.20. The zero-order chi connectivity index (χ0) is 23.3. The Kier molecular flexibility index (Phi) is 5.24. The van der Waals surface area contributed by atoms with Crippen molar-refractivity contribution in [2.45, 2.75) is 45.8 Å². The van der Waals surface area contributed by atoms with Crippen LogP contribution in [-0.2, 0) is 14.5 Å². The Balaban J connectivity index is 1.71. The lowest BCUT2D eigenvalue weighted by molar-refractivity contribution is -0.485. The van der Waals surface area contributed by atoms with Crippen molar-refractivity contribution in [3.63, 3.8) is 0 Å². The number of aromatic carboxylic acids is 1. The van der Waals surface area contributed by atoms with Gasteiger partial charge in [-0.15, -0.1) is 0 Å². The first-order chi connectivity index (χ1) is 15.8. The minimum atomic E-state index is -0.979. The van der Waals surface area contributed by atoms with Crippen LogP contribution in [0.4, 0.5) is 5.69 Å². The van der Waals surface area contributed by atoms with E-state index in [-0.39, 0.29) is 11.5 Å². The van der Waals surface area contributed by atoms with E-state index in [1.54, 1.807) is 6.07 Å². The van der Waals surface area contributed by atoms with Crippen LogP contribution in [0.25, 0.3) is 32.3 Å². The minimum absolute atomic E-state index is 0.0877. The summed E-state index contributed by atoms with van der Waals surface area (Å²) in [4.78, 5) is 23.4. The van der Waals surface area contributed by atoms with Crippen molar-refractivity contribution < 1.29 is 24.4 Å². The predicted octanol–water partition coefficient (Wildman–Crippen LogP) is 6.32. The lowest BCUT2D eigenvalue weighted by atomic mass is 9.92. The highest BCUT2D eigenvalue weighted by Crippen LogP contribution is 2.38. The third-order valence-electron chi connectivity index (χ3n) is 6.20. The molecule has 5 rings (SSSR count). The van der Waals surface area contributed by atoms with Gasteiger partial charge in [-0.1, -0.05) is 62.4 Å². The summed E-state index contributed by atoms with van der Waals surface area (Å²) in [5.41, 5.74) is 0.124. The second-order valence-corrected chi connectivity index (χ2v) is 9.40. The van der Waals surface area contributed by atoms with Crippen LogP contribution in [-0.4, -0.2) is 29.2 Å². The molecule has 1 saturated heterocycles. The van der Waals surface area contributed by atoms with Gasteiger partial charge in [0.05, 0.1) is 5.56 Å². The van der Waals surface area contributed by atoms with Crippen LogP contribution in [0, 0.1) is 5.92 Å². The first-order valence-corrected chi connectivity index (χ1v) is 11.1. The molecule has 0 aliphatic carbocycles. The number of carboxylic acid groups (broad SMARTS) is 1. The number of carboxylic acids is 1. The number of ether oxygens (including phenoxy) is 1. The number of benzene rings is 4. The predicted molar refractivity (Wildman–Crippen MR) is 129 cm³/mol. The fraction of sp³-hybridized carbons (Fsp3) is 0.296. The van der Waals surface area contributed by atoms with E-state index in [4.69, 9.17) is 14.5 Å². The second-order valence-electron chi connectivity index (χ2n) is 9.40. The topological polar surface area (TPSA) is 77.0 Å². The second kappa shape index (κ2) is 7.99. The Morgan fingerprint density at radius 3 is 2.48 bits per heavy atom. The molecule has 1 fully saturated rings. The summed E-state index contributed by atoms with van der Waals surface area (Å²) in [6, 6.07) is 19.7. The summed E-state index contributed by atoms with van der Waals surface area (Å²) in [5, 5.41) is 19.1. The van der Waals surface area contributed by atoms with Gasteiger partial charge in [0.25, 0.3) is 0 Å². The van der Waals surface area contributed by atoms with E-state index >= 15 is 0 Å². The number of nitrogens with one attached hydrogen (secondary N) is 1. The summed E-state index contributed by atoms with van der Waals surface area (Å²) in [5.74, 6) is -0.891. The maximum atomic E-state index is 12.4. The van der Waals surface area contributed by atoms with Crippen LogP contribution in [0.5, 0.6) is 0 Å². The summed E-state index contributed by atoms with van der Waals surface area (Å²) in [6.45, 7) is 7.71. The monoisotopic (exact) mass is 445 g/mol. The number of rotatable bonds is 4. The molecule has 6 nitrogen and oxygen atoms in total. The molecule has 0 radical (unpaired) electrons. The highest BCUT2D eigenvalue weighted by molar-refractivity contribution is 6.24. The molecule has 1 heterocycles. The van der Waals surface area contributed by atoms with Gasteiger partial charge in [0.1, 0.15) is 5.60 Å². The maximum Gasteiger partial charge on any atom is 0.336 e. The fourth-order valence-corrected chi connectivity index (χ4v) is 4.41. The van der Waals surface area contributed by atoms with Crippen molar-refractivity contribution in [2.75, 3.05) is 5.32 Å². The molecule has 1 aliphatic rings. The van der Waals surface area contributed by atoms with Crippen LogP contribution in [0.1, 0.15) is 38.1 Å². The van der Waals surface area contributed by atoms with Crippen LogP contribution in [0.3, 0.4) is 0 Å². The molecule has 0 amide bonds. The average Bonchev–Trinajstić information content (AvgIpc) is 2.79. The smallest absolute Gasteiger partial charge is 0.336 e. The van der Waals surface area contributed by atoms with Gasteiger partial charge in [-0.25, -0.2) is 14.6 Å². The van der Waals surface area contributed by atoms with Crippen molar-refractivity contribution in [3.05, 3.63) is 66.2 Å². The number of carbonyl (C=O) groups is 1. The lowest BCUT2D eigenvalue weighted by Crippen LogP contribution is -2.54. The average molecular weight is 446 g/mol. The molecule has 170 valence electrons. The lowest BCUT2D eigenvalue weighted by Gasteiger charge is -2.42. The van der Waals surface area contributed by atoms with Crippen molar-refractivity contribution >= 4 is 44.0 Å². The van der Waals surface area contributed by atoms with E-state index in [1.165, 1.54) is 0 Å². The molecule has 2 unspecified atom stereocenters. The fourth-order valence-electron chi connectivity index (χ4n) is 4.41. The number of anilines is 1. The summed E-state index contributed by atoms with van der Waals surface area (Å²) >= 11 is 0. The molecule has 33 heavy (non-hydrogen) atoms. The molecular weight excluding hydrogens is 418 g/mol. The zero-order valence-corrected chi connectivity index (χ0v) is 19.1. The van der Waals surface area contributed by atoms with Gasteiger partial charge in [-0.05, 0) is 52.9 Å². The highest BCUT2D eigenvalue weighted by Gasteiger charge is 2.41. The standard InChI is InChI=1S/C27H27NO5/c1-15(2)25-31-26(27(3,4)33-32-25)28-22-11-7-10-19-18-13-12-16-8-5-6-9-17(16)20(18)14-21(23(19)22)24(29)30/h5-15,25-26,28H,1-4H3,(H,29,30). The Labute approximate surface area is 192 Å². The molecule has 1 aliphatic heterocycles. The van der Waals surface area contributed by atoms with Gasteiger partial charge >= 0.3 is 5.97 Å². The van der Waals surface area contributed by atoms with Gasteiger partial charge in [0, 0.05) is 17.0 Å². The minimum Gasteiger partial charge on any atom is -0.478 e. The van der Waals surface area contributed by atoms with E-state index < -0.39 is 24.1 Å². The van der Waals surface area contributed by atoms with Crippen molar-refractivity contribution in [3.8, 4) is 0 Å². The van der Waals surface area contributed by atoms with E-state index in [2.05, 4.69) is 17.4 Å². The maximum absolute atomic E-state index is 12.4. The summed E-state index contributed by atoms with van der Waals surface area (Å²) < 4.78 is 6.16. The molecule has 2 atom stereocenters. The zero-order valence-electron chi connectivity index (χ0n) is 19.1. The van der Waals surface area contributed by atoms with Crippen LogP contribution < -0.4 is 5.32 Å². The van der Waals surface area contributed by atoms with Gasteiger partial charge in [-0.2, -0.15) is 0 Å². The SMILES string of the molecule is CC(C)C1OOC(C)(C)C(Nc2cccc3c2c(C(=O)O)cc2c4ccccc4ccc32)O1. The number of hydrogen-bond acceptors (Lipinski definition) is 5. The van der Waals surface area contributed by atoms with E-state index in [0.717, 1.165) is 26.9 Å². The molecule has 0 aromatic heterocycles. The van der Waals surface area contributed by atoms with Gasteiger partial charge < -0.3 is 15.2 Å². The quantitative estimate of drug-likeness (QED) is 0.283. The number of fused-ring (bicyclic) bond motifs is 5. The largest absolute Gasteiger partial charge is 0.478 e. The van der Waals surface area contributed by atoms with Gasteiger partial charge in [-0.3, -0.25) is 0 Å². The van der Waals surface area contributed by atoms with Gasteiger partial charge in [0.15, 0.2) is 12.5 Å². The Hall–Kier alpha value is -3.19. The molecule has 4 aromatic rings. The molecule has 2 N–H and O–H groups in total. The first-order valence-electron chi connectivity index (χ1n) is 11.1. The van der Waals surface area contributed by atoms with E-state index in [0.29, 0.717) is 11.1 Å². The summed E-state index contributed by atoms with van der Waals surface area (Å²) in [6.07, 6.45) is -1.07. The van der Waals surface area contributed by atoms with E-state index in [9.17, 15) is 9.90 Å². The van der Waals surface area contributed by atoms with Crippen molar-refractivity contribution in [1.29, 1.82) is 0 Å². The van der Waals surface area contributed by atoms with Crippen LogP contribution in [0.15, 0.2) is 60.7 Å². The van der Waals surface area contributed by atoms with E-state index in [1.807, 2.05) is 70.2 Å². The molecule has 4 aromatic carbocycles. The Morgan fingerprint density at radius 1 is 0.970 bits per heavy atom. The molecular formula is C27H27NO5. The Bertz CT molecular complexity index is 1380. The normalized spacial score (nSPS) is 20.5. The third kappa shape index (κ3) is 3.70. The highest BCUT2D eigenvalue weighted by atomic mass is 17.2. The Morgan fingerprint density at radius 2 is 1.73 bits per heavy atom. The van der Waals surface area contributed by atoms with Crippen LogP contribution in [0.2, 0.25) is 0 Å².